The van der Waals surface area contributed by atoms with Gasteiger partial charge in [0.25, 0.3) is 5.91 Å². The Kier molecular flexibility index (Phi) is 4.41. The molecule has 94 valence electrons. The second-order valence-electron chi connectivity index (χ2n) is 3.25. The van der Waals surface area contributed by atoms with Crippen LogP contribution in [0.4, 0.5) is 5.69 Å². The minimum absolute atomic E-state index is 0.0124. The molecule has 7 nitrogen and oxygen atoms in total. The van der Waals surface area contributed by atoms with Gasteiger partial charge in [-0.05, 0) is 19.2 Å². The number of nitrogens with zero attached hydrogens (tertiary/aromatic N) is 1. The molecule has 4 N–H and O–H groups in total. The first-order valence-electron chi connectivity index (χ1n) is 4.85. The molecule has 0 atom stereocenters. The van der Waals surface area contributed by atoms with E-state index in [4.69, 9.17) is 5.73 Å². The third kappa shape index (κ3) is 4.37. The van der Waals surface area contributed by atoms with Crippen molar-refractivity contribution in [2.45, 2.75) is 0 Å². The molecule has 0 bridgehead atoms. The van der Waals surface area contributed by atoms with Crippen molar-refractivity contribution in [1.82, 2.24) is 15.0 Å². The van der Waals surface area contributed by atoms with Crippen molar-refractivity contribution >= 4 is 21.6 Å². The van der Waals surface area contributed by atoms with Gasteiger partial charge in [0.2, 0.25) is 10.0 Å². The fourth-order valence-corrected chi connectivity index (χ4v) is 1.64. The highest BCUT2D eigenvalue weighted by molar-refractivity contribution is 7.89. The highest BCUT2D eigenvalue weighted by atomic mass is 32.2. The summed E-state index contributed by atoms with van der Waals surface area (Å²) in [5.41, 5.74) is 6.07. The maximum atomic E-state index is 11.5. The molecule has 1 heterocycles. The van der Waals surface area contributed by atoms with Crippen molar-refractivity contribution in [2.24, 2.45) is 0 Å². The Balaban J connectivity index is 2.51. The second-order valence-corrected chi connectivity index (χ2v) is 5.30. The van der Waals surface area contributed by atoms with Crippen LogP contribution in [0.3, 0.4) is 0 Å². The van der Waals surface area contributed by atoms with Gasteiger partial charge in [0.1, 0.15) is 5.69 Å². The van der Waals surface area contributed by atoms with E-state index in [2.05, 4.69) is 15.0 Å². The van der Waals surface area contributed by atoms with Crippen LogP contribution < -0.4 is 15.8 Å². The highest BCUT2D eigenvalue weighted by Gasteiger charge is 2.10. The zero-order valence-corrected chi connectivity index (χ0v) is 10.1. The molecule has 1 rings (SSSR count). The fraction of sp³-hybridized carbons (Fsp3) is 0.333. The van der Waals surface area contributed by atoms with E-state index < -0.39 is 15.9 Å². The summed E-state index contributed by atoms with van der Waals surface area (Å²) in [6, 6.07) is 2.98. The van der Waals surface area contributed by atoms with Gasteiger partial charge in [-0.15, -0.1) is 0 Å². The first-order valence-corrected chi connectivity index (χ1v) is 6.51. The number of anilines is 1. The number of nitrogen functional groups attached to an aromatic ring is 1. The third-order valence-corrected chi connectivity index (χ3v) is 3.35. The number of pyridine rings is 1. The molecule has 0 saturated carbocycles. The molecule has 0 unspecified atom stereocenters. The second kappa shape index (κ2) is 5.60. The molecule has 0 aromatic carbocycles. The number of amides is 1. The van der Waals surface area contributed by atoms with E-state index in [1.54, 1.807) is 6.07 Å². The van der Waals surface area contributed by atoms with Crippen LogP contribution in [0.15, 0.2) is 18.3 Å². The number of aromatic nitrogens is 1. The molecular formula is C9H14N4O3S. The summed E-state index contributed by atoms with van der Waals surface area (Å²) in [7, 11) is -2.00. The number of nitrogens with two attached hydrogens (primary N) is 1. The summed E-state index contributed by atoms with van der Waals surface area (Å²) in [5, 5.41) is 2.44. The average Bonchev–Trinajstić information content (AvgIpc) is 2.28. The number of hydrogen-bond acceptors (Lipinski definition) is 5. The van der Waals surface area contributed by atoms with Crippen molar-refractivity contribution < 1.29 is 13.2 Å². The molecule has 0 aliphatic carbocycles. The molecule has 1 amide bonds. The molecule has 0 saturated heterocycles. The molecule has 1 aromatic rings. The standard InChI is InChI=1S/C9H14N4O3S/c1-11-17(15,16)5-4-13-9(14)8-6-7(10)2-3-12-8/h2-3,6,11H,4-5H2,1H3,(H2,10,12)(H,13,14). The monoisotopic (exact) mass is 258 g/mol. The highest BCUT2D eigenvalue weighted by Crippen LogP contribution is 2.02. The number of rotatable bonds is 5. The SMILES string of the molecule is CNS(=O)(=O)CCNC(=O)c1cc(N)ccn1. The number of carbonyl (C=O) groups is 1. The first-order chi connectivity index (χ1) is 7.94. The van der Waals surface area contributed by atoms with Gasteiger partial charge in [-0.25, -0.2) is 13.1 Å². The molecule has 0 aliphatic rings. The maximum Gasteiger partial charge on any atom is 0.269 e. The van der Waals surface area contributed by atoms with Crippen molar-refractivity contribution in [3.8, 4) is 0 Å². The largest absolute Gasteiger partial charge is 0.399 e. The number of hydrogen-bond donors (Lipinski definition) is 3. The fourth-order valence-electron chi connectivity index (χ4n) is 1.06. The summed E-state index contributed by atoms with van der Waals surface area (Å²) in [6.07, 6.45) is 1.41. The molecule has 8 heteroatoms. The molecule has 0 aliphatic heterocycles. The Hall–Kier alpha value is -1.67. The smallest absolute Gasteiger partial charge is 0.269 e. The predicted molar refractivity (Wildman–Crippen MR) is 63.8 cm³/mol. The molecule has 0 radical (unpaired) electrons. The Bertz CT molecular complexity index is 501. The van der Waals surface area contributed by atoms with Crippen LogP contribution in [0.2, 0.25) is 0 Å². The van der Waals surface area contributed by atoms with Crippen LogP contribution in [-0.2, 0) is 10.0 Å². The third-order valence-electron chi connectivity index (χ3n) is 1.98. The Morgan fingerprint density at radius 1 is 1.53 bits per heavy atom. The molecule has 17 heavy (non-hydrogen) atoms. The lowest BCUT2D eigenvalue weighted by Crippen LogP contribution is -2.33. The molecule has 1 aromatic heterocycles. The van der Waals surface area contributed by atoms with E-state index in [1.165, 1.54) is 19.3 Å². The summed E-state index contributed by atoms with van der Waals surface area (Å²) >= 11 is 0. The zero-order valence-electron chi connectivity index (χ0n) is 9.30. The van der Waals surface area contributed by atoms with Gasteiger partial charge in [-0.2, -0.15) is 0 Å². The molecule has 0 fully saturated rings. The topological polar surface area (TPSA) is 114 Å². The van der Waals surface area contributed by atoms with E-state index in [0.717, 1.165) is 0 Å². The van der Waals surface area contributed by atoms with E-state index in [-0.39, 0.29) is 18.0 Å². The summed E-state index contributed by atoms with van der Waals surface area (Å²) in [4.78, 5) is 15.3. The molecule has 0 spiro atoms. The zero-order chi connectivity index (χ0) is 12.9. The van der Waals surface area contributed by atoms with Crippen LogP contribution in [-0.4, -0.2) is 38.7 Å². The maximum absolute atomic E-state index is 11.5. The van der Waals surface area contributed by atoms with Gasteiger partial charge in [-0.3, -0.25) is 9.78 Å². The van der Waals surface area contributed by atoms with Gasteiger partial charge in [0, 0.05) is 18.4 Å². The Morgan fingerprint density at radius 3 is 2.82 bits per heavy atom. The van der Waals surface area contributed by atoms with Crippen molar-refractivity contribution in [3.63, 3.8) is 0 Å². The van der Waals surface area contributed by atoms with E-state index in [1.807, 2.05) is 0 Å². The van der Waals surface area contributed by atoms with Crippen LogP contribution >= 0.6 is 0 Å². The van der Waals surface area contributed by atoms with Crippen LogP contribution in [0.5, 0.6) is 0 Å². The summed E-state index contributed by atoms with van der Waals surface area (Å²) < 4.78 is 24.3. The van der Waals surface area contributed by atoms with Gasteiger partial charge >= 0.3 is 0 Å². The average molecular weight is 258 g/mol. The van der Waals surface area contributed by atoms with Crippen molar-refractivity contribution in [3.05, 3.63) is 24.0 Å². The van der Waals surface area contributed by atoms with Gasteiger partial charge in [-0.1, -0.05) is 0 Å². The predicted octanol–water partition coefficient (Wildman–Crippen LogP) is -1.06. The molecular weight excluding hydrogens is 244 g/mol. The van der Waals surface area contributed by atoms with Gasteiger partial charge < -0.3 is 11.1 Å². The number of carbonyl (C=O) groups excluding carboxylic acids is 1. The lowest BCUT2D eigenvalue weighted by atomic mass is 10.3. The van der Waals surface area contributed by atoms with E-state index in [9.17, 15) is 13.2 Å². The van der Waals surface area contributed by atoms with Crippen molar-refractivity contribution in [1.29, 1.82) is 0 Å². The summed E-state index contributed by atoms with van der Waals surface area (Å²) in [5.74, 6) is -0.638. The number of nitrogens with one attached hydrogen (secondary N) is 2. The van der Waals surface area contributed by atoms with Gasteiger partial charge in [0.05, 0.1) is 5.75 Å². The number of sulfonamides is 1. The van der Waals surface area contributed by atoms with E-state index in [0.29, 0.717) is 5.69 Å². The Morgan fingerprint density at radius 2 is 2.24 bits per heavy atom. The Labute approximate surface area is 99.5 Å². The minimum Gasteiger partial charge on any atom is -0.399 e. The lowest BCUT2D eigenvalue weighted by Gasteiger charge is -2.05. The van der Waals surface area contributed by atoms with Crippen LogP contribution in [0, 0.1) is 0 Å². The minimum atomic E-state index is -3.32. The van der Waals surface area contributed by atoms with Crippen molar-refractivity contribution in [2.75, 3.05) is 25.1 Å². The first kappa shape index (κ1) is 13.4. The lowest BCUT2D eigenvalue weighted by molar-refractivity contribution is 0.0951. The quantitative estimate of drug-likeness (QED) is 0.623. The van der Waals surface area contributed by atoms with Crippen LogP contribution in [0.1, 0.15) is 10.5 Å². The normalized spacial score (nSPS) is 11.1. The van der Waals surface area contributed by atoms with E-state index >= 15 is 0 Å². The summed E-state index contributed by atoms with van der Waals surface area (Å²) in [6.45, 7) is 0.0124. The van der Waals surface area contributed by atoms with Crippen LogP contribution in [0.25, 0.3) is 0 Å². The van der Waals surface area contributed by atoms with Gasteiger partial charge in [0.15, 0.2) is 0 Å².